The predicted molar refractivity (Wildman–Crippen MR) is 113 cm³/mol. The zero-order valence-corrected chi connectivity index (χ0v) is 17.3. The molecule has 1 aliphatic rings. The van der Waals surface area contributed by atoms with Crippen LogP contribution in [-0.4, -0.2) is 40.9 Å². The third kappa shape index (κ3) is 4.11. The summed E-state index contributed by atoms with van der Waals surface area (Å²) in [5, 5.41) is 12.8. The van der Waals surface area contributed by atoms with Crippen LogP contribution in [0.4, 0.5) is 10.1 Å². The number of rotatable bonds is 6. The summed E-state index contributed by atoms with van der Waals surface area (Å²) in [5.41, 5.74) is 1.90. The fourth-order valence-electron chi connectivity index (χ4n) is 3.91. The lowest BCUT2D eigenvalue weighted by molar-refractivity contribution is 0.0678. The van der Waals surface area contributed by atoms with Crippen molar-refractivity contribution in [3.63, 3.8) is 0 Å². The van der Waals surface area contributed by atoms with Gasteiger partial charge in [-0.2, -0.15) is 0 Å². The van der Waals surface area contributed by atoms with Crippen LogP contribution in [0.3, 0.4) is 0 Å². The molecule has 1 aliphatic heterocycles. The standard InChI is InChI=1S/C23H23FN2O5/c1-13-19(8-5-14-10-20(23(28)29)26(2)21(13)14)25-22(27)17-7-6-15(11-18(17)24)31-12-16-4-3-9-30-16/h5-8,10-11,16H,3-4,9,12H2,1-2H3,(H,25,27)(H,28,29)/t16-/m0/s1. The fourth-order valence-corrected chi connectivity index (χ4v) is 3.91. The van der Waals surface area contributed by atoms with Crippen LogP contribution in [0, 0.1) is 12.7 Å². The number of aryl methyl sites for hydroxylation is 2. The average molecular weight is 426 g/mol. The lowest BCUT2D eigenvalue weighted by Gasteiger charge is -2.13. The highest BCUT2D eigenvalue weighted by Gasteiger charge is 2.19. The number of anilines is 1. The van der Waals surface area contributed by atoms with Gasteiger partial charge in [0.2, 0.25) is 0 Å². The molecule has 31 heavy (non-hydrogen) atoms. The highest BCUT2D eigenvalue weighted by Crippen LogP contribution is 2.29. The van der Waals surface area contributed by atoms with Crippen LogP contribution in [-0.2, 0) is 11.8 Å². The Morgan fingerprint density at radius 3 is 2.77 bits per heavy atom. The number of benzene rings is 2. The molecule has 3 aromatic rings. The molecule has 7 nitrogen and oxygen atoms in total. The first-order chi connectivity index (χ1) is 14.8. The molecular weight excluding hydrogens is 403 g/mol. The molecule has 1 amide bonds. The van der Waals surface area contributed by atoms with Crippen LogP contribution < -0.4 is 10.1 Å². The van der Waals surface area contributed by atoms with Gasteiger partial charge in [0.15, 0.2) is 0 Å². The van der Waals surface area contributed by atoms with E-state index in [1.54, 1.807) is 42.8 Å². The molecule has 1 fully saturated rings. The van der Waals surface area contributed by atoms with Crippen molar-refractivity contribution in [1.29, 1.82) is 0 Å². The smallest absolute Gasteiger partial charge is 0.352 e. The molecule has 0 aliphatic carbocycles. The number of carbonyl (C=O) groups is 2. The number of aromatic carboxylic acids is 1. The van der Waals surface area contributed by atoms with Crippen molar-refractivity contribution in [3.8, 4) is 5.75 Å². The minimum absolute atomic E-state index is 0.0167. The minimum Gasteiger partial charge on any atom is -0.491 e. The van der Waals surface area contributed by atoms with Crippen LogP contribution in [0.1, 0.15) is 39.3 Å². The summed E-state index contributed by atoms with van der Waals surface area (Å²) < 4.78 is 27.2. The lowest BCUT2D eigenvalue weighted by atomic mass is 10.1. The molecule has 0 radical (unpaired) electrons. The Hall–Kier alpha value is -3.39. The van der Waals surface area contributed by atoms with Gasteiger partial charge in [0, 0.05) is 30.8 Å². The molecule has 162 valence electrons. The summed E-state index contributed by atoms with van der Waals surface area (Å²) in [5.74, 6) is -1.98. The number of halogens is 1. The number of hydrogen-bond acceptors (Lipinski definition) is 4. The van der Waals surface area contributed by atoms with Crippen LogP contribution >= 0.6 is 0 Å². The molecule has 0 spiro atoms. The van der Waals surface area contributed by atoms with E-state index in [1.807, 2.05) is 0 Å². The van der Waals surface area contributed by atoms with Crippen molar-refractivity contribution in [2.24, 2.45) is 7.05 Å². The van der Waals surface area contributed by atoms with E-state index in [1.165, 1.54) is 12.1 Å². The van der Waals surface area contributed by atoms with Gasteiger partial charge in [0.25, 0.3) is 5.91 Å². The Kier molecular flexibility index (Phi) is 5.65. The third-order valence-corrected chi connectivity index (χ3v) is 5.56. The summed E-state index contributed by atoms with van der Waals surface area (Å²) in [6.45, 7) is 2.84. The maximum absolute atomic E-state index is 14.6. The molecule has 0 bridgehead atoms. The number of hydrogen-bond donors (Lipinski definition) is 2. The summed E-state index contributed by atoms with van der Waals surface area (Å²) in [4.78, 5) is 24.1. The minimum atomic E-state index is -1.03. The lowest BCUT2D eigenvalue weighted by Crippen LogP contribution is -2.17. The normalized spacial score (nSPS) is 15.9. The highest BCUT2D eigenvalue weighted by molar-refractivity contribution is 6.06. The van der Waals surface area contributed by atoms with Crippen molar-refractivity contribution >= 4 is 28.5 Å². The first kappa shape index (κ1) is 20.9. The van der Waals surface area contributed by atoms with Gasteiger partial charge in [0.05, 0.1) is 17.2 Å². The predicted octanol–water partition coefficient (Wildman–Crippen LogP) is 4.13. The molecule has 4 rings (SSSR count). The zero-order valence-electron chi connectivity index (χ0n) is 17.3. The van der Waals surface area contributed by atoms with Crippen LogP contribution in [0.15, 0.2) is 36.4 Å². The fraction of sp³-hybridized carbons (Fsp3) is 0.304. The van der Waals surface area contributed by atoms with Crippen LogP contribution in [0.2, 0.25) is 0 Å². The molecule has 2 aromatic carbocycles. The second-order valence-electron chi connectivity index (χ2n) is 7.61. The van der Waals surface area contributed by atoms with Gasteiger partial charge >= 0.3 is 5.97 Å². The number of carboxylic acid groups (broad SMARTS) is 1. The van der Waals surface area contributed by atoms with Gasteiger partial charge in [-0.1, -0.05) is 6.07 Å². The van der Waals surface area contributed by atoms with E-state index < -0.39 is 17.7 Å². The van der Waals surface area contributed by atoms with Gasteiger partial charge in [-0.3, -0.25) is 4.79 Å². The summed E-state index contributed by atoms with van der Waals surface area (Å²) in [7, 11) is 1.65. The monoisotopic (exact) mass is 426 g/mol. The number of amides is 1. The van der Waals surface area contributed by atoms with Gasteiger partial charge < -0.3 is 24.5 Å². The second-order valence-corrected chi connectivity index (χ2v) is 7.61. The summed E-state index contributed by atoms with van der Waals surface area (Å²) in [6, 6.07) is 9.11. The van der Waals surface area contributed by atoms with Gasteiger partial charge in [-0.15, -0.1) is 0 Å². The van der Waals surface area contributed by atoms with Gasteiger partial charge in [-0.05, 0) is 49.6 Å². The van der Waals surface area contributed by atoms with Crippen molar-refractivity contribution in [2.75, 3.05) is 18.5 Å². The van der Waals surface area contributed by atoms with E-state index in [9.17, 15) is 19.1 Å². The molecular formula is C23H23FN2O5. The number of aromatic nitrogens is 1. The number of nitrogens with one attached hydrogen (secondary N) is 1. The summed E-state index contributed by atoms with van der Waals surface area (Å²) >= 11 is 0. The molecule has 2 N–H and O–H groups in total. The Morgan fingerprint density at radius 1 is 1.29 bits per heavy atom. The van der Waals surface area contributed by atoms with E-state index in [-0.39, 0.29) is 17.4 Å². The number of nitrogens with zero attached hydrogens (tertiary/aromatic N) is 1. The molecule has 2 heterocycles. The van der Waals surface area contributed by atoms with E-state index in [0.717, 1.165) is 18.2 Å². The largest absolute Gasteiger partial charge is 0.491 e. The first-order valence-corrected chi connectivity index (χ1v) is 10.0. The molecule has 8 heteroatoms. The number of carbonyl (C=O) groups excluding carboxylic acids is 1. The maximum Gasteiger partial charge on any atom is 0.352 e. The summed E-state index contributed by atoms with van der Waals surface area (Å²) in [6.07, 6.45) is 1.93. The van der Waals surface area contributed by atoms with Crippen molar-refractivity contribution in [2.45, 2.75) is 25.9 Å². The topological polar surface area (TPSA) is 89.8 Å². The molecule has 0 unspecified atom stereocenters. The molecule has 1 saturated heterocycles. The van der Waals surface area contributed by atoms with Crippen molar-refractivity contribution in [1.82, 2.24) is 4.57 Å². The zero-order chi connectivity index (χ0) is 22.1. The molecule has 1 aromatic heterocycles. The van der Waals surface area contributed by atoms with E-state index in [2.05, 4.69) is 5.32 Å². The Labute approximate surface area is 178 Å². The Bertz CT molecular complexity index is 1160. The second kappa shape index (κ2) is 8.39. The van der Waals surface area contributed by atoms with Gasteiger partial charge in [0.1, 0.15) is 23.9 Å². The van der Waals surface area contributed by atoms with E-state index >= 15 is 0 Å². The Morgan fingerprint density at radius 2 is 2.10 bits per heavy atom. The number of ether oxygens (including phenoxy) is 2. The average Bonchev–Trinajstić information content (AvgIpc) is 3.36. The van der Waals surface area contributed by atoms with Gasteiger partial charge in [-0.25, -0.2) is 9.18 Å². The molecule has 1 atom stereocenters. The van der Waals surface area contributed by atoms with Crippen molar-refractivity contribution < 1.29 is 28.6 Å². The SMILES string of the molecule is Cc1c(NC(=O)c2ccc(OC[C@@H]3CCCO3)cc2F)ccc2cc(C(=O)O)n(C)c12. The molecule has 0 saturated carbocycles. The third-order valence-electron chi connectivity index (χ3n) is 5.56. The first-order valence-electron chi connectivity index (χ1n) is 10.0. The van der Waals surface area contributed by atoms with Crippen molar-refractivity contribution in [3.05, 3.63) is 59.0 Å². The van der Waals surface area contributed by atoms with E-state index in [0.29, 0.717) is 35.7 Å². The van der Waals surface area contributed by atoms with E-state index in [4.69, 9.17) is 9.47 Å². The number of carboxylic acids is 1. The Balaban J connectivity index is 1.52. The highest BCUT2D eigenvalue weighted by atomic mass is 19.1. The van der Waals surface area contributed by atoms with Crippen LogP contribution in [0.25, 0.3) is 10.9 Å². The maximum atomic E-state index is 14.6. The quantitative estimate of drug-likeness (QED) is 0.619. The van der Waals surface area contributed by atoms with Crippen LogP contribution in [0.5, 0.6) is 5.75 Å². The number of fused-ring (bicyclic) bond motifs is 1.